The highest BCUT2D eigenvalue weighted by Gasteiger charge is 2.31. The van der Waals surface area contributed by atoms with Crippen molar-refractivity contribution < 1.29 is 4.79 Å². The molecule has 4 nitrogen and oxygen atoms in total. The zero-order valence-electron chi connectivity index (χ0n) is 14.9. The van der Waals surface area contributed by atoms with E-state index >= 15 is 0 Å². The fourth-order valence-corrected chi connectivity index (χ4v) is 4.94. The summed E-state index contributed by atoms with van der Waals surface area (Å²) in [5, 5.41) is 0. The molecule has 1 atom stereocenters. The van der Waals surface area contributed by atoms with Crippen LogP contribution < -0.4 is 0 Å². The van der Waals surface area contributed by atoms with Crippen molar-refractivity contribution >= 4 is 28.8 Å². The molecule has 0 radical (unpaired) electrons. The van der Waals surface area contributed by atoms with Gasteiger partial charge in [0.1, 0.15) is 5.82 Å². The smallest absolute Gasteiger partial charge is 0.246 e. The molecule has 0 saturated carbocycles. The van der Waals surface area contributed by atoms with Gasteiger partial charge in [-0.1, -0.05) is 42.4 Å². The van der Waals surface area contributed by atoms with Crippen LogP contribution in [0.5, 0.6) is 0 Å². The summed E-state index contributed by atoms with van der Waals surface area (Å²) < 4.78 is 0.744. The molecule has 4 rings (SSSR count). The fraction of sp³-hybridized carbons (Fsp3) is 0.190. The zero-order chi connectivity index (χ0) is 19.0. The molecule has 1 aromatic carbocycles. The molecule has 0 bridgehead atoms. The summed E-state index contributed by atoms with van der Waals surface area (Å²) in [7, 11) is 0. The number of thiophene rings is 1. The highest BCUT2D eigenvalue weighted by atomic mass is 35.5. The minimum Gasteiger partial charge on any atom is -0.333 e. The van der Waals surface area contributed by atoms with Crippen molar-refractivity contribution in [2.75, 3.05) is 6.54 Å². The molecule has 0 aliphatic carbocycles. The molecular formula is C21H18ClN3OS. The van der Waals surface area contributed by atoms with Gasteiger partial charge in [-0.2, -0.15) is 0 Å². The Balaban J connectivity index is 1.85. The van der Waals surface area contributed by atoms with E-state index in [0.29, 0.717) is 13.1 Å². The van der Waals surface area contributed by atoms with Gasteiger partial charge >= 0.3 is 0 Å². The van der Waals surface area contributed by atoms with Crippen LogP contribution in [0.15, 0.2) is 55.3 Å². The van der Waals surface area contributed by atoms with Gasteiger partial charge in [0.2, 0.25) is 5.91 Å². The first-order valence-corrected chi connectivity index (χ1v) is 9.84. The van der Waals surface area contributed by atoms with E-state index in [-0.39, 0.29) is 11.8 Å². The van der Waals surface area contributed by atoms with E-state index in [1.54, 1.807) is 6.20 Å². The summed E-state index contributed by atoms with van der Waals surface area (Å²) in [6, 6.07) is 12.2. The lowest BCUT2D eigenvalue weighted by atomic mass is 9.85. The molecular weight excluding hydrogens is 378 g/mol. The second kappa shape index (κ2) is 7.25. The molecule has 6 heteroatoms. The first-order valence-electron chi connectivity index (χ1n) is 8.65. The van der Waals surface area contributed by atoms with Crippen molar-refractivity contribution in [3.63, 3.8) is 0 Å². The number of benzene rings is 1. The molecule has 27 heavy (non-hydrogen) atoms. The summed E-state index contributed by atoms with van der Waals surface area (Å²) in [4.78, 5) is 24.1. The number of nitrogens with zero attached hydrogens (tertiary/aromatic N) is 3. The molecule has 3 heterocycles. The van der Waals surface area contributed by atoms with Crippen molar-refractivity contribution in [1.82, 2.24) is 14.9 Å². The van der Waals surface area contributed by atoms with Gasteiger partial charge in [-0.15, -0.1) is 11.3 Å². The van der Waals surface area contributed by atoms with Gasteiger partial charge in [-0.3, -0.25) is 4.79 Å². The van der Waals surface area contributed by atoms with E-state index in [2.05, 4.69) is 28.7 Å². The van der Waals surface area contributed by atoms with Crippen LogP contribution in [-0.2, 0) is 11.3 Å². The van der Waals surface area contributed by atoms with E-state index in [1.807, 2.05) is 36.1 Å². The number of hydrogen-bond acceptors (Lipinski definition) is 4. The van der Waals surface area contributed by atoms with Gasteiger partial charge in [0.25, 0.3) is 0 Å². The standard InChI is InChI=1S/C21H18ClN3OS/c1-3-21(26)25-11-17(16-10-20(22)27-19(16)12-25)14-6-4-5-7-15(14)18-8-9-23-13(2)24-18/h3-10,17H,1,11-12H2,2H3/t17-/m1/s1. The average molecular weight is 396 g/mol. The van der Waals surface area contributed by atoms with Crippen molar-refractivity contribution in [2.45, 2.75) is 19.4 Å². The molecule has 1 aliphatic heterocycles. The van der Waals surface area contributed by atoms with Crippen LogP contribution >= 0.6 is 22.9 Å². The summed E-state index contributed by atoms with van der Waals surface area (Å²) in [6.07, 6.45) is 3.15. The maximum absolute atomic E-state index is 12.3. The number of carbonyl (C=O) groups excluding carboxylic acids is 1. The third-order valence-corrected chi connectivity index (χ3v) is 6.06. The van der Waals surface area contributed by atoms with E-state index < -0.39 is 0 Å². The number of amides is 1. The molecule has 3 aromatic rings. The summed E-state index contributed by atoms with van der Waals surface area (Å²) in [5.74, 6) is 0.701. The normalized spacial score (nSPS) is 16.1. The first-order chi connectivity index (χ1) is 13.1. The van der Waals surface area contributed by atoms with E-state index in [4.69, 9.17) is 11.6 Å². The largest absolute Gasteiger partial charge is 0.333 e. The predicted octanol–water partition coefficient (Wildman–Crippen LogP) is 4.83. The summed E-state index contributed by atoms with van der Waals surface area (Å²) >= 11 is 7.85. The van der Waals surface area contributed by atoms with Crippen LogP contribution in [0.4, 0.5) is 0 Å². The third kappa shape index (κ3) is 3.40. The Morgan fingerprint density at radius 1 is 1.33 bits per heavy atom. The van der Waals surface area contributed by atoms with Gasteiger partial charge in [-0.05, 0) is 36.3 Å². The van der Waals surface area contributed by atoms with Gasteiger partial charge in [-0.25, -0.2) is 9.97 Å². The Morgan fingerprint density at radius 2 is 2.15 bits per heavy atom. The quantitative estimate of drug-likeness (QED) is 0.597. The molecule has 136 valence electrons. The number of halogens is 1. The zero-order valence-corrected chi connectivity index (χ0v) is 16.4. The second-order valence-corrected chi connectivity index (χ2v) is 8.25. The molecule has 2 aromatic heterocycles. The van der Waals surface area contributed by atoms with E-state index in [1.165, 1.54) is 23.0 Å². The van der Waals surface area contributed by atoms with Crippen molar-refractivity contribution in [1.29, 1.82) is 0 Å². The Bertz CT molecular complexity index is 1030. The monoisotopic (exact) mass is 395 g/mol. The minimum absolute atomic E-state index is 0.0351. The second-order valence-electron chi connectivity index (χ2n) is 6.48. The van der Waals surface area contributed by atoms with Gasteiger partial charge in [0.15, 0.2) is 0 Å². The van der Waals surface area contributed by atoms with Gasteiger partial charge in [0.05, 0.1) is 16.6 Å². The van der Waals surface area contributed by atoms with Crippen molar-refractivity contribution in [2.24, 2.45) is 0 Å². The number of fused-ring (bicyclic) bond motifs is 1. The van der Waals surface area contributed by atoms with Crippen LogP contribution in [0.25, 0.3) is 11.3 Å². The molecule has 0 N–H and O–H groups in total. The fourth-order valence-electron chi connectivity index (χ4n) is 3.59. The Hall–Kier alpha value is -2.50. The van der Waals surface area contributed by atoms with Gasteiger partial charge in [0, 0.05) is 29.1 Å². The number of carbonyl (C=O) groups is 1. The van der Waals surface area contributed by atoms with Crippen LogP contribution in [0, 0.1) is 6.92 Å². The van der Waals surface area contributed by atoms with Crippen LogP contribution in [-0.4, -0.2) is 27.3 Å². The lowest BCUT2D eigenvalue weighted by molar-refractivity contribution is -0.127. The maximum Gasteiger partial charge on any atom is 0.246 e. The van der Waals surface area contributed by atoms with Gasteiger partial charge < -0.3 is 4.90 Å². The molecule has 0 saturated heterocycles. The molecule has 0 spiro atoms. The van der Waals surface area contributed by atoms with E-state index in [9.17, 15) is 4.79 Å². The minimum atomic E-state index is -0.0643. The first kappa shape index (κ1) is 17.9. The van der Waals surface area contributed by atoms with Crippen molar-refractivity contribution in [3.8, 4) is 11.3 Å². The van der Waals surface area contributed by atoms with Crippen molar-refractivity contribution in [3.05, 3.63) is 81.4 Å². The number of hydrogen-bond donors (Lipinski definition) is 0. The summed E-state index contributed by atoms with van der Waals surface area (Å²) in [6.45, 7) is 6.68. The maximum atomic E-state index is 12.3. The highest BCUT2D eigenvalue weighted by molar-refractivity contribution is 7.16. The van der Waals surface area contributed by atoms with Crippen LogP contribution in [0.3, 0.4) is 0 Å². The van der Waals surface area contributed by atoms with E-state index in [0.717, 1.165) is 31.9 Å². The third-order valence-electron chi connectivity index (χ3n) is 4.80. The lowest BCUT2D eigenvalue weighted by Crippen LogP contribution is -2.37. The molecule has 1 aliphatic rings. The summed E-state index contributed by atoms with van der Waals surface area (Å²) in [5.41, 5.74) is 4.26. The predicted molar refractivity (Wildman–Crippen MR) is 109 cm³/mol. The Kier molecular flexibility index (Phi) is 4.81. The number of rotatable bonds is 3. The molecule has 1 amide bonds. The Labute approximate surface area is 167 Å². The number of aromatic nitrogens is 2. The SMILES string of the molecule is C=CC(=O)N1Cc2sc(Cl)cc2[C@@H](c2ccccc2-c2ccnc(C)n2)C1. The lowest BCUT2D eigenvalue weighted by Gasteiger charge is -2.33. The van der Waals surface area contributed by atoms with Crippen LogP contribution in [0.2, 0.25) is 4.34 Å². The topological polar surface area (TPSA) is 46.1 Å². The molecule has 0 fully saturated rings. The highest BCUT2D eigenvalue weighted by Crippen LogP contribution is 2.42. The van der Waals surface area contributed by atoms with Crippen LogP contribution in [0.1, 0.15) is 27.7 Å². The number of aryl methyl sites for hydroxylation is 1. The molecule has 0 unspecified atom stereocenters. The average Bonchev–Trinajstić information content (AvgIpc) is 3.06. The Morgan fingerprint density at radius 3 is 2.93 bits per heavy atom.